The molecule has 1 heterocycles. The lowest BCUT2D eigenvalue weighted by molar-refractivity contribution is -0.385. The van der Waals surface area contributed by atoms with Crippen molar-refractivity contribution in [3.8, 4) is 11.5 Å². The van der Waals surface area contributed by atoms with Crippen LogP contribution >= 0.6 is 10.7 Å². The summed E-state index contributed by atoms with van der Waals surface area (Å²) in [6.45, 7) is 5.23. The molecule has 0 aliphatic carbocycles. The number of likely N-dealkylation sites (N-methyl/N-ethyl adjacent to an activating group) is 1. The quantitative estimate of drug-likeness (QED) is 0.199. The van der Waals surface area contributed by atoms with Gasteiger partial charge in [0.15, 0.2) is 0 Å². The van der Waals surface area contributed by atoms with Gasteiger partial charge in [0.1, 0.15) is 21.3 Å². The molecule has 15 nitrogen and oxygen atoms in total. The van der Waals surface area contributed by atoms with Gasteiger partial charge in [-0.15, -0.1) is 0 Å². The normalized spacial score (nSPS) is 14.7. The van der Waals surface area contributed by atoms with Crippen molar-refractivity contribution in [3.63, 3.8) is 0 Å². The molecule has 0 N–H and O–H groups in total. The van der Waals surface area contributed by atoms with Crippen molar-refractivity contribution in [2.75, 3.05) is 67.6 Å². The second-order valence-corrected chi connectivity index (χ2v) is 13.5. The fourth-order valence-electron chi connectivity index (χ4n) is 3.83. The Bertz CT molecular complexity index is 1450. The number of nitrogens with zero attached hydrogens (tertiary/aromatic N) is 5. The minimum absolute atomic E-state index is 0.0230. The summed E-state index contributed by atoms with van der Waals surface area (Å²) >= 11 is 0. The predicted octanol–water partition coefficient (Wildman–Crippen LogP) is 2.39. The first-order valence-electron chi connectivity index (χ1n) is 12.1. The lowest BCUT2D eigenvalue weighted by atomic mass is 10.3. The van der Waals surface area contributed by atoms with Crippen molar-refractivity contribution >= 4 is 41.1 Å². The molecule has 0 bridgehead atoms. The van der Waals surface area contributed by atoms with Gasteiger partial charge >= 0.3 is 0 Å². The number of ether oxygens (including phenoxy) is 2. The molecule has 1 saturated heterocycles. The highest BCUT2D eigenvalue weighted by atomic mass is 35.7. The van der Waals surface area contributed by atoms with E-state index in [2.05, 4.69) is 16.8 Å². The largest absolute Gasteiger partial charge is 0.495 e. The van der Waals surface area contributed by atoms with Gasteiger partial charge < -0.3 is 19.3 Å². The molecule has 3 rings (SSSR count). The Hall–Kier alpha value is -3.09. The van der Waals surface area contributed by atoms with Crippen molar-refractivity contribution in [1.29, 1.82) is 0 Å². The molecule has 18 heteroatoms. The maximum atomic E-state index is 12.8. The van der Waals surface area contributed by atoms with Crippen molar-refractivity contribution in [2.24, 2.45) is 0 Å². The second kappa shape index (κ2) is 14.7. The van der Waals surface area contributed by atoms with E-state index in [0.29, 0.717) is 6.54 Å². The van der Waals surface area contributed by atoms with Crippen LogP contribution in [0, 0.1) is 20.2 Å². The Morgan fingerprint density at radius 2 is 1.34 bits per heavy atom. The number of non-ortho nitro benzene ring substituents is 2. The topological polar surface area (TPSA) is 183 Å². The lowest BCUT2D eigenvalue weighted by Crippen LogP contribution is -2.45. The summed E-state index contributed by atoms with van der Waals surface area (Å²) in [5.74, 6) is -0.177. The molecule has 0 radical (unpaired) electrons. The summed E-state index contributed by atoms with van der Waals surface area (Å²) in [7, 11) is 3.46. The van der Waals surface area contributed by atoms with Crippen LogP contribution in [-0.4, -0.2) is 108 Å². The standard InChI is InChI=1S/C16H26N4O5S.C7H6ClNO5S/c1-17-9-11-19(12-10-17)8-4-7-18(2)26(23,24)16-6-5-14(20(21)22)13-15(16)25-3;1-14-6-4-5(9(10)11)2-3-7(6)15(8,12)13/h5-6,13H,4,7-12H2,1-3H3;2-4H,1H3. The summed E-state index contributed by atoms with van der Waals surface area (Å²) in [6, 6.07) is 6.59. The van der Waals surface area contributed by atoms with Crippen LogP contribution in [0.4, 0.5) is 11.4 Å². The van der Waals surface area contributed by atoms with Gasteiger partial charge in [-0.1, -0.05) is 0 Å². The molecule has 0 aromatic heterocycles. The Kier molecular flexibility index (Phi) is 12.2. The zero-order chi connectivity index (χ0) is 31.0. The fraction of sp³-hybridized carbons (Fsp3) is 0.478. The van der Waals surface area contributed by atoms with Crippen LogP contribution < -0.4 is 9.47 Å². The predicted molar refractivity (Wildman–Crippen MR) is 151 cm³/mol. The Labute approximate surface area is 243 Å². The molecule has 0 saturated carbocycles. The van der Waals surface area contributed by atoms with E-state index in [9.17, 15) is 37.1 Å². The van der Waals surface area contributed by atoms with E-state index < -0.39 is 28.9 Å². The van der Waals surface area contributed by atoms with Gasteiger partial charge in [-0.05, 0) is 32.1 Å². The summed E-state index contributed by atoms with van der Waals surface area (Å²) in [5.41, 5.74) is -0.477. The summed E-state index contributed by atoms with van der Waals surface area (Å²) in [5, 5.41) is 21.3. The van der Waals surface area contributed by atoms with Crippen molar-refractivity contribution in [1.82, 2.24) is 14.1 Å². The highest BCUT2D eigenvalue weighted by Gasteiger charge is 2.27. The zero-order valence-electron chi connectivity index (χ0n) is 22.9. The molecule has 0 amide bonds. The smallest absolute Gasteiger partial charge is 0.273 e. The Morgan fingerprint density at radius 3 is 1.78 bits per heavy atom. The van der Waals surface area contributed by atoms with E-state index in [1.807, 2.05) is 0 Å². The van der Waals surface area contributed by atoms with Crippen LogP contribution in [0.3, 0.4) is 0 Å². The van der Waals surface area contributed by atoms with Gasteiger partial charge in [0.25, 0.3) is 20.4 Å². The van der Waals surface area contributed by atoms with E-state index in [0.717, 1.165) is 63.4 Å². The molecule has 2 aromatic carbocycles. The molecule has 1 aliphatic rings. The highest BCUT2D eigenvalue weighted by molar-refractivity contribution is 8.13. The number of methoxy groups -OCH3 is 2. The number of rotatable bonds is 11. The van der Waals surface area contributed by atoms with Crippen LogP contribution in [0.1, 0.15) is 6.42 Å². The van der Waals surface area contributed by atoms with E-state index in [-0.39, 0.29) is 32.7 Å². The number of hydrogen-bond donors (Lipinski definition) is 0. The van der Waals surface area contributed by atoms with Crippen molar-refractivity contribution in [2.45, 2.75) is 16.2 Å². The van der Waals surface area contributed by atoms with Gasteiger partial charge in [-0.3, -0.25) is 20.2 Å². The summed E-state index contributed by atoms with van der Waals surface area (Å²) in [4.78, 5) is 24.3. The van der Waals surface area contributed by atoms with E-state index >= 15 is 0 Å². The molecule has 2 aromatic rings. The minimum Gasteiger partial charge on any atom is -0.495 e. The third kappa shape index (κ3) is 9.47. The Morgan fingerprint density at radius 1 is 0.878 bits per heavy atom. The average molecular weight is 638 g/mol. The lowest BCUT2D eigenvalue weighted by Gasteiger charge is -2.32. The summed E-state index contributed by atoms with van der Waals surface area (Å²) < 4.78 is 58.6. The Balaban J connectivity index is 0.000000333. The van der Waals surface area contributed by atoms with E-state index in [1.54, 1.807) is 0 Å². The molecule has 0 spiro atoms. The molecule has 1 aliphatic heterocycles. The zero-order valence-corrected chi connectivity index (χ0v) is 25.3. The van der Waals surface area contributed by atoms with Gasteiger partial charge in [0.05, 0.1) is 36.2 Å². The molecular formula is C23H32ClN5O10S2. The average Bonchev–Trinajstić information content (AvgIpc) is 2.92. The monoisotopic (exact) mass is 637 g/mol. The van der Waals surface area contributed by atoms with Crippen LogP contribution in [0.2, 0.25) is 0 Å². The number of piperazine rings is 1. The molecular weight excluding hydrogens is 606 g/mol. The maximum absolute atomic E-state index is 12.8. The van der Waals surface area contributed by atoms with Crippen LogP contribution in [0.5, 0.6) is 11.5 Å². The van der Waals surface area contributed by atoms with E-state index in [4.69, 9.17) is 20.2 Å². The minimum atomic E-state index is -3.96. The van der Waals surface area contributed by atoms with Gasteiger partial charge in [0, 0.05) is 62.6 Å². The number of nitro groups is 2. The number of halogens is 1. The first-order chi connectivity index (χ1) is 19.1. The molecule has 0 atom stereocenters. The van der Waals surface area contributed by atoms with Crippen LogP contribution in [0.25, 0.3) is 0 Å². The fourth-order valence-corrected chi connectivity index (χ4v) is 6.17. The van der Waals surface area contributed by atoms with E-state index in [1.165, 1.54) is 37.7 Å². The third-order valence-corrected chi connectivity index (χ3v) is 9.47. The van der Waals surface area contributed by atoms with Crippen molar-refractivity contribution in [3.05, 3.63) is 56.6 Å². The van der Waals surface area contributed by atoms with Crippen LogP contribution in [-0.2, 0) is 19.1 Å². The maximum Gasteiger partial charge on any atom is 0.273 e. The summed E-state index contributed by atoms with van der Waals surface area (Å²) in [6.07, 6.45) is 0.717. The highest BCUT2D eigenvalue weighted by Crippen LogP contribution is 2.31. The number of nitro benzene ring substituents is 2. The first kappa shape index (κ1) is 34.1. The van der Waals surface area contributed by atoms with Crippen molar-refractivity contribution < 1.29 is 36.2 Å². The number of sulfonamides is 1. The molecule has 1 fully saturated rings. The molecule has 0 unspecified atom stereocenters. The third-order valence-electron chi connectivity index (χ3n) is 6.21. The SMILES string of the molecule is COc1cc([N+](=O)[O-])ccc1S(=O)(=O)Cl.COc1cc([N+](=O)[O-])ccc1S(=O)(=O)N(C)CCCN1CCN(C)CC1. The van der Waals surface area contributed by atoms with Gasteiger partial charge in [0.2, 0.25) is 10.0 Å². The molecule has 228 valence electrons. The molecule has 41 heavy (non-hydrogen) atoms. The van der Waals surface area contributed by atoms with Crippen LogP contribution in [0.15, 0.2) is 46.2 Å². The van der Waals surface area contributed by atoms with Gasteiger partial charge in [-0.2, -0.15) is 0 Å². The first-order valence-corrected chi connectivity index (χ1v) is 15.8. The second-order valence-electron chi connectivity index (χ2n) is 8.95. The van der Waals surface area contributed by atoms with Gasteiger partial charge in [-0.25, -0.2) is 21.1 Å². The number of hydrogen-bond acceptors (Lipinski definition) is 12. The number of benzene rings is 2.